The van der Waals surface area contributed by atoms with Crippen LogP contribution >= 0.6 is 11.6 Å². The Labute approximate surface area is 507 Å². The summed E-state index contributed by atoms with van der Waals surface area (Å²) in [6.07, 6.45) is 0. The van der Waals surface area contributed by atoms with Crippen molar-refractivity contribution in [3.8, 4) is 57.4 Å². The summed E-state index contributed by atoms with van der Waals surface area (Å²) in [5.41, 5.74) is 6.56. The van der Waals surface area contributed by atoms with Gasteiger partial charge in [0.25, 0.3) is 0 Å². The molecule has 17 heteroatoms. The maximum absolute atomic E-state index is 11.8. The lowest BCUT2D eigenvalue weighted by Gasteiger charge is -2.22. The predicted molar refractivity (Wildman–Crippen MR) is 337 cm³/mol. The minimum Gasteiger partial charge on any atom is -0.493 e. The molecule has 12 rings (SSSR count). The van der Waals surface area contributed by atoms with Crippen molar-refractivity contribution in [1.29, 1.82) is 0 Å². The standard InChI is InChI=1S/C35H32N2O6.C19H18ClNO3.C16H15NO3/c1-22-26(36-33(42-22)24-11-6-5-7-12-24)21-41-29-18-17-23(19-31(29)40-4)20-37-27-14-9-8-13-25(27)32-28(37)15-10-16-30(32)43-35(2,3)34(38)39;1-13-16(21-19(24-13)15-6-4-3-5-7-15)12-23-17-9-8-14(11-20)10-18(17)22-2;1-16(2,15(18)19)20-13-9-5-8-12-14(13)10-6-3-4-7-11(10)17-12/h5-19H,20-21H2,1-4H3,(H,38,39);3-10H,11-12H2,1-2H3;3-9,17H,1-2H3,(H,18,19). The van der Waals surface area contributed by atoms with Gasteiger partial charge in [-0.3, -0.25) is 0 Å². The predicted octanol–water partition coefficient (Wildman–Crippen LogP) is 16.2. The lowest BCUT2D eigenvalue weighted by Crippen LogP contribution is -2.37. The number of aryl methyl sites for hydroxylation is 2. The normalized spacial score (nSPS) is 11.4. The molecule has 0 radical (unpaired) electrons. The van der Waals surface area contributed by atoms with E-state index in [1.807, 2.05) is 184 Å². The van der Waals surface area contributed by atoms with Crippen LogP contribution in [0.4, 0.5) is 0 Å². The molecule has 16 nitrogen and oxygen atoms in total. The van der Waals surface area contributed by atoms with Gasteiger partial charge in [0.05, 0.1) is 25.3 Å². The summed E-state index contributed by atoms with van der Waals surface area (Å²) in [6.45, 7) is 11.0. The third kappa shape index (κ3) is 13.4. The second-order valence-corrected chi connectivity index (χ2v) is 21.7. The molecule has 0 saturated carbocycles. The zero-order chi connectivity index (χ0) is 61.4. The summed E-state index contributed by atoms with van der Waals surface area (Å²) in [4.78, 5) is 35.5. The molecule has 0 amide bonds. The van der Waals surface area contributed by atoms with Crippen molar-refractivity contribution in [3.05, 3.63) is 216 Å². The molecular formula is C70H65ClN4O12. The van der Waals surface area contributed by atoms with Crippen molar-refractivity contribution in [3.63, 3.8) is 0 Å². The van der Waals surface area contributed by atoms with Crippen molar-refractivity contribution < 1.29 is 57.1 Å². The van der Waals surface area contributed by atoms with E-state index < -0.39 is 23.1 Å². The number of carboxylic acids is 2. The van der Waals surface area contributed by atoms with E-state index in [9.17, 15) is 19.8 Å². The highest BCUT2D eigenvalue weighted by Crippen LogP contribution is 2.40. The van der Waals surface area contributed by atoms with Crippen LogP contribution in [0.25, 0.3) is 66.5 Å². The van der Waals surface area contributed by atoms with E-state index in [4.69, 9.17) is 48.9 Å². The highest BCUT2D eigenvalue weighted by molar-refractivity contribution is 6.17. The number of ether oxygens (including phenoxy) is 6. The Bertz CT molecular complexity index is 4390. The van der Waals surface area contributed by atoms with E-state index in [1.165, 1.54) is 0 Å². The summed E-state index contributed by atoms with van der Waals surface area (Å²) in [6, 6.07) is 58.3. The second-order valence-electron chi connectivity index (χ2n) is 21.4. The van der Waals surface area contributed by atoms with Crippen molar-refractivity contribution in [2.75, 3.05) is 14.2 Å². The molecule has 0 aliphatic carbocycles. The first-order valence-corrected chi connectivity index (χ1v) is 28.5. The number of aliphatic carboxylic acids is 2. The van der Waals surface area contributed by atoms with Crippen LogP contribution in [0.2, 0.25) is 0 Å². The number of rotatable bonds is 19. The molecule has 0 spiro atoms. The largest absolute Gasteiger partial charge is 0.493 e. The smallest absolute Gasteiger partial charge is 0.347 e. The van der Waals surface area contributed by atoms with Gasteiger partial charge in [-0.2, -0.15) is 0 Å². The Hall–Kier alpha value is -10.2. The topological polar surface area (TPSA) is 203 Å². The Morgan fingerprint density at radius 3 is 1.52 bits per heavy atom. The minimum atomic E-state index is -1.38. The first kappa shape index (κ1) is 60.0. The van der Waals surface area contributed by atoms with E-state index >= 15 is 0 Å². The SMILES string of the molecule is CC(C)(Oc1cccc2[nH]c3ccccc3c12)C(=O)O.COc1cc(CCl)ccc1OCc1nc(-c2ccccc2)oc1C.COc1cc(Cn2c3ccccc3c3c(OC(C)(C)C(=O)O)cccc32)ccc1OCc1nc(-c2ccccc2)oc1C. The number of hydrogen-bond acceptors (Lipinski definition) is 12. The van der Waals surface area contributed by atoms with E-state index in [0.717, 1.165) is 83.0 Å². The summed E-state index contributed by atoms with van der Waals surface area (Å²) < 4.78 is 48.6. The highest BCUT2D eigenvalue weighted by Gasteiger charge is 2.32. The molecule has 4 aromatic heterocycles. The molecule has 0 atom stereocenters. The second kappa shape index (κ2) is 26.0. The van der Waals surface area contributed by atoms with Crippen LogP contribution in [0.3, 0.4) is 0 Å². The molecule has 12 aromatic rings. The molecule has 87 heavy (non-hydrogen) atoms. The maximum Gasteiger partial charge on any atom is 0.347 e. The van der Waals surface area contributed by atoms with Gasteiger partial charge in [0.2, 0.25) is 11.8 Å². The van der Waals surface area contributed by atoms with E-state index in [-0.39, 0.29) is 6.61 Å². The number of carboxylic acid groups (broad SMARTS) is 2. The summed E-state index contributed by atoms with van der Waals surface area (Å²) in [5, 5.41) is 22.7. The van der Waals surface area contributed by atoms with Crippen molar-refractivity contribution in [1.82, 2.24) is 19.5 Å². The minimum absolute atomic E-state index is 0.236. The number of benzene rings is 8. The van der Waals surface area contributed by atoms with E-state index in [2.05, 4.69) is 25.6 Å². The number of alkyl halides is 1. The number of halogens is 1. The molecule has 3 N–H and O–H groups in total. The molecule has 444 valence electrons. The average Bonchev–Trinajstić information content (AvgIpc) is 1.85. The number of oxazole rings is 2. The molecule has 8 aromatic carbocycles. The van der Waals surface area contributed by atoms with E-state index in [1.54, 1.807) is 48.0 Å². The zero-order valence-electron chi connectivity index (χ0n) is 49.3. The van der Waals surface area contributed by atoms with Crippen molar-refractivity contribution in [2.24, 2.45) is 0 Å². The van der Waals surface area contributed by atoms with Gasteiger partial charge < -0.3 is 57.0 Å². The number of H-pyrrole nitrogens is 1. The molecular weight excluding hydrogens is 1120 g/mol. The highest BCUT2D eigenvalue weighted by atomic mass is 35.5. The molecule has 0 unspecified atom stereocenters. The first-order chi connectivity index (χ1) is 41.9. The van der Waals surface area contributed by atoms with Crippen LogP contribution in [0.1, 0.15) is 61.7 Å². The maximum atomic E-state index is 11.8. The molecule has 0 bridgehead atoms. The van der Waals surface area contributed by atoms with Crippen LogP contribution in [0.5, 0.6) is 34.5 Å². The number of fused-ring (bicyclic) bond motifs is 6. The van der Waals surface area contributed by atoms with Crippen molar-refractivity contribution >= 4 is 67.2 Å². The number of carbonyl (C=O) groups is 2. The van der Waals surface area contributed by atoms with Gasteiger partial charge in [-0.1, -0.05) is 97.1 Å². The molecule has 0 aliphatic heterocycles. The fourth-order valence-corrected chi connectivity index (χ4v) is 9.93. The van der Waals surface area contributed by atoms with Crippen LogP contribution in [0, 0.1) is 13.8 Å². The number of nitrogens with zero attached hydrogens (tertiary/aromatic N) is 3. The Balaban J connectivity index is 0.000000160. The van der Waals surface area contributed by atoms with Gasteiger partial charge in [-0.05, 0) is 138 Å². The Morgan fingerprint density at radius 2 is 0.977 bits per heavy atom. The van der Waals surface area contributed by atoms with E-state index in [0.29, 0.717) is 71.1 Å². The van der Waals surface area contributed by atoms with Gasteiger partial charge in [0, 0.05) is 56.1 Å². The monoisotopic (exact) mass is 1190 g/mol. The lowest BCUT2D eigenvalue weighted by atomic mass is 10.1. The Kier molecular flexibility index (Phi) is 17.9. The van der Waals surface area contributed by atoms with Crippen LogP contribution < -0.4 is 28.4 Å². The third-order valence-electron chi connectivity index (χ3n) is 14.5. The number of para-hydroxylation sites is 2. The fraction of sp³-hybridized carbons (Fsp3) is 0.200. The molecule has 0 fully saturated rings. The summed E-state index contributed by atoms with van der Waals surface area (Å²) in [5.74, 6) is 4.62. The zero-order valence-corrected chi connectivity index (χ0v) is 50.1. The fourth-order valence-electron chi connectivity index (χ4n) is 9.76. The number of nitrogens with one attached hydrogen (secondary N) is 1. The molecule has 4 heterocycles. The third-order valence-corrected chi connectivity index (χ3v) is 14.8. The summed E-state index contributed by atoms with van der Waals surface area (Å²) in [7, 11) is 3.23. The van der Waals surface area contributed by atoms with Crippen molar-refractivity contribution in [2.45, 2.75) is 78.4 Å². The number of aromatic amines is 1. The quantitative estimate of drug-likeness (QED) is 0.0645. The number of hydrogen-bond donors (Lipinski definition) is 3. The van der Waals surface area contributed by atoms with Gasteiger partial charge in [0.1, 0.15) is 47.6 Å². The molecule has 0 saturated heterocycles. The van der Waals surface area contributed by atoms with Gasteiger partial charge in [0.15, 0.2) is 34.2 Å². The van der Waals surface area contributed by atoms with Gasteiger partial charge in [-0.25, -0.2) is 19.6 Å². The first-order valence-electron chi connectivity index (χ1n) is 28.0. The number of aromatic nitrogens is 4. The van der Waals surface area contributed by atoms with Crippen LogP contribution in [-0.2, 0) is 35.2 Å². The average molecular weight is 1190 g/mol. The molecule has 0 aliphatic rings. The van der Waals surface area contributed by atoms with Gasteiger partial charge >= 0.3 is 11.9 Å². The summed E-state index contributed by atoms with van der Waals surface area (Å²) >= 11 is 5.84. The van der Waals surface area contributed by atoms with Crippen LogP contribution in [0.15, 0.2) is 191 Å². The van der Waals surface area contributed by atoms with Gasteiger partial charge in [-0.15, -0.1) is 11.6 Å². The number of methoxy groups -OCH3 is 2. The lowest BCUT2D eigenvalue weighted by molar-refractivity contribution is -0.152. The van der Waals surface area contributed by atoms with Crippen LogP contribution in [-0.4, -0.2) is 67.1 Å². The Morgan fingerprint density at radius 1 is 0.517 bits per heavy atom.